The van der Waals surface area contributed by atoms with Crippen molar-refractivity contribution in [2.75, 3.05) is 12.3 Å². The Kier molecular flexibility index (Phi) is 5.50. The van der Waals surface area contributed by atoms with Gasteiger partial charge in [-0.1, -0.05) is 30.8 Å². The van der Waals surface area contributed by atoms with E-state index in [2.05, 4.69) is 22.1 Å². The van der Waals surface area contributed by atoms with Crippen LogP contribution in [-0.4, -0.2) is 44.3 Å². The molecule has 0 spiro atoms. The van der Waals surface area contributed by atoms with E-state index in [0.717, 1.165) is 25.8 Å². The number of benzene rings is 1. The van der Waals surface area contributed by atoms with Crippen LogP contribution in [0.25, 0.3) is 11.4 Å². The predicted octanol–water partition coefficient (Wildman–Crippen LogP) is 3.49. The van der Waals surface area contributed by atoms with Gasteiger partial charge in [-0.15, -0.1) is 5.10 Å². The van der Waals surface area contributed by atoms with Gasteiger partial charge in [0.1, 0.15) is 5.82 Å². The first-order valence-electron chi connectivity index (χ1n) is 8.28. The van der Waals surface area contributed by atoms with Crippen molar-refractivity contribution in [3.8, 4) is 11.4 Å². The molecule has 0 unspecified atom stereocenters. The van der Waals surface area contributed by atoms with E-state index in [-0.39, 0.29) is 11.7 Å². The average Bonchev–Trinajstić information content (AvgIpc) is 3.08. The fourth-order valence-corrected chi connectivity index (χ4v) is 3.73. The molecule has 3 rings (SSSR count). The number of hydrogen-bond acceptors (Lipinski definition) is 4. The summed E-state index contributed by atoms with van der Waals surface area (Å²) in [4.78, 5) is 18.7. The lowest BCUT2D eigenvalue weighted by Gasteiger charge is -2.35. The molecule has 1 aromatic heterocycles. The van der Waals surface area contributed by atoms with Gasteiger partial charge in [-0.05, 0) is 37.8 Å². The second-order valence-corrected chi connectivity index (χ2v) is 6.82. The Labute approximate surface area is 145 Å². The third-order valence-corrected chi connectivity index (χ3v) is 5.17. The summed E-state index contributed by atoms with van der Waals surface area (Å²) in [6.07, 6.45) is 4.35. The molecule has 128 valence electrons. The Balaban J connectivity index is 1.61. The first-order valence-corrected chi connectivity index (χ1v) is 9.27. The standard InChI is InChI=1S/C17H21FN4OS/c1-2-12-7-5-6-10-22(12)15(23)11-24-17-19-16(20-21-17)13-8-3-4-9-14(13)18/h3-4,8-9,12H,2,5-7,10-11H2,1H3,(H,19,20,21)/t12-/m0/s1. The van der Waals surface area contributed by atoms with Crippen molar-refractivity contribution in [1.29, 1.82) is 0 Å². The molecule has 1 aliphatic rings. The molecule has 2 aromatic rings. The van der Waals surface area contributed by atoms with Gasteiger partial charge in [0, 0.05) is 12.6 Å². The third-order valence-electron chi connectivity index (χ3n) is 4.34. The monoisotopic (exact) mass is 348 g/mol. The van der Waals surface area contributed by atoms with Crippen LogP contribution < -0.4 is 0 Å². The van der Waals surface area contributed by atoms with E-state index < -0.39 is 0 Å². The largest absolute Gasteiger partial charge is 0.339 e. The van der Waals surface area contributed by atoms with Gasteiger partial charge in [0.25, 0.3) is 0 Å². The van der Waals surface area contributed by atoms with Crippen LogP contribution in [0.4, 0.5) is 4.39 Å². The van der Waals surface area contributed by atoms with Crippen molar-refractivity contribution in [2.45, 2.75) is 43.8 Å². The summed E-state index contributed by atoms with van der Waals surface area (Å²) in [5, 5.41) is 7.28. The van der Waals surface area contributed by atoms with Gasteiger partial charge >= 0.3 is 0 Å². The van der Waals surface area contributed by atoms with Gasteiger partial charge in [0.2, 0.25) is 11.1 Å². The predicted molar refractivity (Wildman–Crippen MR) is 92.1 cm³/mol. The molecule has 1 atom stereocenters. The number of nitrogens with one attached hydrogen (secondary N) is 1. The van der Waals surface area contributed by atoms with Gasteiger partial charge in [0.05, 0.1) is 11.3 Å². The van der Waals surface area contributed by atoms with Crippen molar-refractivity contribution >= 4 is 17.7 Å². The third kappa shape index (κ3) is 3.77. The van der Waals surface area contributed by atoms with E-state index >= 15 is 0 Å². The SMILES string of the molecule is CC[C@H]1CCCCN1C(=O)CSc1n[nH]c(-c2ccccc2F)n1. The molecular formula is C17H21FN4OS. The van der Waals surface area contributed by atoms with Crippen LogP contribution in [0.2, 0.25) is 0 Å². The van der Waals surface area contributed by atoms with Crippen LogP contribution in [-0.2, 0) is 4.79 Å². The molecule has 1 N–H and O–H groups in total. The lowest BCUT2D eigenvalue weighted by atomic mass is 10.0. The molecule has 7 heteroatoms. The Morgan fingerprint density at radius 1 is 1.42 bits per heavy atom. The summed E-state index contributed by atoms with van der Waals surface area (Å²) in [5.74, 6) is 0.474. The van der Waals surface area contributed by atoms with Gasteiger partial charge < -0.3 is 4.90 Å². The Morgan fingerprint density at radius 2 is 2.25 bits per heavy atom. The number of rotatable bonds is 5. The minimum absolute atomic E-state index is 0.129. The summed E-state index contributed by atoms with van der Waals surface area (Å²) in [6.45, 7) is 2.96. The first kappa shape index (κ1) is 17.0. The summed E-state index contributed by atoms with van der Waals surface area (Å²) in [7, 11) is 0. The van der Waals surface area contributed by atoms with E-state index in [1.807, 2.05) is 4.90 Å². The molecule has 0 bridgehead atoms. The summed E-state index contributed by atoms with van der Waals surface area (Å²) >= 11 is 1.29. The van der Waals surface area contributed by atoms with E-state index in [1.165, 1.54) is 24.2 Å². The number of nitrogens with zero attached hydrogens (tertiary/aromatic N) is 3. The highest BCUT2D eigenvalue weighted by molar-refractivity contribution is 7.99. The van der Waals surface area contributed by atoms with Crippen LogP contribution in [0.5, 0.6) is 0 Å². The fraction of sp³-hybridized carbons (Fsp3) is 0.471. The number of aromatic nitrogens is 3. The van der Waals surface area contributed by atoms with Gasteiger partial charge in [-0.2, -0.15) is 0 Å². The second kappa shape index (κ2) is 7.79. The Bertz CT molecular complexity index is 705. The van der Waals surface area contributed by atoms with Crippen LogP contribution in [0.1, 0.15) is 32.6 Å². The molecule has 1 aliphatic heterocycles. The molecule has 1 fully saturated rings. The molecule has 1 aromatic carbocycles. The molecule has 0 radical (unpaired) electrons. The highest BCUT2D eigenvalue weighted by Gasteiger charge is 2.25. The number of thioether (sulfide) groups is 1. The van der Waals surface area contributed by atoms with Crippen molar-refractivity contribution in [3.05, 3.63) is 30.1 Å². The number of amides is 1. The molecule has 5 nitrogen and oxygen atoms in total. The minimum Gasteiger partial charge on any atom is -0.339 e. The molecule has 1 saturated heterocycles. The van der Waals surface area contributed by atoms with Crippen LogP contribution in [0.3, 0.4) is 0 Å². The van der Waals surface area contributed by atoms with E-state index in [4.69, 9.17) is 0 Å². The number of aromatic amines is 1. The Morgan fingerprint density at radius 3 is 3.04 bits per heavy atom. The van der Waals surface area contributed by atoms with E-state index in [9.17, 15) is 9.18 Å². The number of halogens is 1. The molecule has 2 heterocycles. The maximum atomic E-state index is 13.8. The molecular weight excluding hydrogens is 327 g/mol. The lowest BCUT2D eigenvalue weighted by Crippen LogP contribution is -2.44. The zero-order chi connectivity index (χ0) is 16.9. The normalized spacial score (nSPS) is 17.9. The maximum absolute atomic E-state index is 13.8. The van der Waals surface area contributed by atoms with Gasteiger partial charge in [-0.3, -0.25) is 9.89 Å². The zero-order valence-corrected chi connectivity index (χ0v) is 14.5. The van der Waals surface area contributed by atoms with Crippen molar-refractivity contribution in [1.82, 2.24) is 20.1 Å². The number of piperidine rings is 1. The molecule has 0 aliphatic carbocycles. The van der Waals surface area contributed by atoms with Crippen molar-refractivity contribution < 1.29 is 9.18 Å². The summed E-state index contributed by atoms with van der Waals surface area (Å²) in [5.41, 5.74) is 0.380. The number of hydrogen-bond donors (Lipinski definition) is 1. The van der Waals surface area contributed by atoms with Crippen LogP contribution in [0, 0.1) is 5.82 Å². The van der Waals surface area contributed by atoms with E-state index in [0.29, 0.717) is 28.3 Å². The van der Waals surface area contributed by atoms with Crippen LogP contribution >= 0.6 is 11.8 Å². The summed E-state index contributed by atoms with van der Waals surface area (Å²) < 4.78 is 13.8. The summed E-state index contributed by atoms with van der Waals surface area (Å²) in [6, 6.07) is 6.77. The quantitative estimate of drug-likeness (QED) is 0.840. The molecule has 0 saturated carbocycles. The molecule has 1 amide bonds. The van der Waals surface area contributed by atoms with Crippen molar-refractivity contribution in [3.63, 3.8) is 0 Å². The number of H-pyrrole nitrogens is 1. The van der Waals surface area contributed by atoms with E-state index in [1.54, 1.807) is 18.2 Å². The second-order valence-electron chi connectivity index (χ2n) is 5.88. The van der Waals surface area contributed by atoms with Crippen molar-refractivity contribution in [2.24, 2.45) is 0 Å². The average molecular weight is 348 g/mol. The first-order chi connectivity index (χ1) is 11.7. The highest BCUT2D eigenvalue weighted by Crippen LogP contribution is 2.24. The smallest absolute Gasteiger partial charge is 0.233 e. The fourth-order valence-electron chi connectivity index (χ4n) is 3.05. The Hall–Kier alpha value is -1.89. The van der Waals surface area contributed by atoms with Gasteiger partial charge in [0.15, 0.2) is 5.82 Å². The lowest BCUT2D eigenvalue weighted by molar-refractivity contribution is -0.132. The van der Waals surface area contributed by atoms with Crippen LogP contribution in [0.15, 0.2) is 29.4 Å². The number of carbonyl (C=O) groups is 1. The maximum Gasteiger partial charge on any atom is 0.233 e. The number of likely N-dealkylation sites (tertiary alicyclic amines) is 1. The highest BCUT2D eigenvalue weighted by atomic mass is 32.2. The minimum atomic E-state index is -0.347. The molecule has 24 heavy (non-hydrogen) atoms. The number of carbonyl (C=O) groups excluding carboxylic acids is 1. The van der Waals surface area contributed by atoms with Gasteiger partial charge in [-0.25, -0.2) is 9.37 Å². The topological polar surface area (TPSA) is 61.9 Å². The zero-order valence-electron chi connectivity index (χ0n) is 13.7.